The van der Waals surface area contributed by atoms with Gasteiger partial charge in [0.15, 0.2) is 5.69 Å². The number of hydrogen-bond donors (Lipinski definition) is 3. The molecule has 2 aliphatic rings. The molecule has 1 aromatic carbocycles. The third-order valence-electron chi connectivity index (χ3n) is 5.88. The third-order valence-corrected chi connectivity index (χ3v) is 5.88. The number of aromatic nitrogens is 2. The number of para-hydroxylation sites is 1. The largest absolute Gasteiger partial charge is 0.388 e. The number of nitrogens with zero attached hydrogens (tertiary/aromatic N) is 2. The number of hydrogen-bond acceptors (Lipinski definition) is 5. The molecule has 2 fully saturated rings. The lowest BCUT2D eigenvalue weighted by molar-refractivity contribution is -0.0218. The number of carbonyl (C=O) groups is 1. The van der Waals surface area contributed by atoms with Gasteiger partial charge in [0.2, 0.25) is 0 Å². The van der Waals surface area contributed by atoms with Crippen molar-refractivity contribution < 1.29 is 14.6 Å². The maximum absolute atomic E-state index is 13.0. The van der Waals surface area contributed by atoms with Crippen molar-refractivity contribution in [1.82, 2.24) is 20.4 Å². The molecule has 0 unspecified atom stereocenters. The molecule has 7 nitrogen and oxygen atoms in total. The fourth-order valence-electron chi connectivity index (χ4n) is 4.35. The van der Waals surface area contributed by atoms with E-state index in [1.807, 2.05) is 43.1 Å². The highest BCUT2D eigenvalue weighted by Gasteiger charge is 2.43. The molecule has 3 N–H and O–H groups in total. The molecular weight excluding hydrogens is 332 g/mol. The Balaban J connectivity index is 1.54. The highest BCUT2D eigenvalue weighted by atomic mass is 16.5. The van der Waals surface area contributed by atoms with E-state index in [0.717, 1.165) is 17.3 Å². The minimum atomic E-state index is -0.862. The van der Waals surface area contributed by atoms with E-state index in [9.17, 15) is 9.90 Å². The van der Waals surface area contributed by atoms with Gasteiger partial charge in [0, 0.05) is 24.4 Å². The standard InChI is InChI=1S/C19H26N4O3/c1-19(25)9-12-10-23(8-7-15(12)26-11-16(19)20-2)18(24)17-13-5-3-4-6-14(13)21-22-17/h3-6,12,15-16,20,25H,7-11H2,1-2H3,(H,21,22)/t12-,15+,16+,19+/m0/s1. The van der Waals surface area contributed by atoms with Crippen LogP contribution in [0.3, 0.4) is 0 Å². The van der Waals surface area contributed by atoms with Gasteiger partial charge in [-0.05, 0) is 32.9 Å². The summed E-state index contributed by atoms with van der Waals surface area (Å²) in [6.45, 7) is 3.56. The maximum atomic E-state index is 13.0. The molecule has 0 radical (unpaired) electrons. The molecule has 2 aromatic rings. The number of piperidine rings is 1. The predicted octanol–water partition coefficient (Wildman–Crippen LogP) is 1.15. The van der Waals surface area contributed by atoms with Crippen LogP contribution >= 0.6 is 0 Å². The first-order valence-electron chi connectivity index (χ1n) is 9.23. The molecule has 0 spiro atoms. The molecule has 3 heterocycles. The number of H-pyrrole nitrogens is 1. The number of aliphatic hydroxyl groups is 1. The van der Waals surface area contributed by atoms with Crippen molar-refractivity contribution in [3.05, 3.63) is 30.0 Å². The SMILES string of the molecule is CN[C@@H]1CO[C@@H]2CCN(C(=O)c3n[nH]c4ccccc34)C[C@@H]2C[C@@]1(C)O. The first-order valence-corrected chi connectivity index (χ1v) is 9.23. The fraction of sp³-hybridized carbons (Fsp3) is 0.579. The van der Waals surface area contributed by atoms with Crippen LogP contribution in [0.25, 0.3) is 10.9 Å². The molecule has 1 aromatic heterocycles. The van der Waals surface area contributed by atoms with Crippen molar-refractivity contribution >= 4 is 16.8 Å². The van der Waals surface area contributed by atoms with E-state index in [4.69, 9.17) is 4.74 Å². The molecule has 4 atom stereocenters. The number of fused-ring (bicyclic) bond motifs is 2. The Morgan fingerprint density at radius 3 is 3.08 bits per heavy atom. The average molecular weight is 358 g/mol. The van der Waals surface area contributed by atoms with Crippen molar-refractivity contribution in [3.8, 4) is 0 Å². The minimum Gasteiger partial charge on any atom is -0.388 e. The molecule has 0 aliphatic carbocycles. The summed E-state index contributed by atoms with van der Waals surface area (Å²) in [5, 5.41) is 22.0. The molecule has 0 bridgehead atoms. The lowest BCUT2D eigenvalue weighted by Crippen LogP contribution is -2.51. The summed E-state index contributed by atoms with van der Waals surface area (Å²) in [6, 6.07) is 7.56. The lowest BCUT2D eigenvalue weighted by atomic mass is 9.82. The Bertz CT molecular complexity index is 803. The number of rotatable bonds is 2. The van der Waals surface area contributed by atoms with E-state index in [-0.39, 0.29) is 24.0 Å². The van der Waals surface area contributed by atoms with Crippen LogP contribution in [0.5, 0.6) is 0 Å². The highest BCUT2D eigenvalue weighted by molar-refractivity contribution is 6.04. The summed E-state index contributed by atoms with van der Waals surface area (Å²) >= 11 is 0. The summed E-state index contributed by atoms with van der Waals surface area (Å²) in [4.78, 5) is 14.9. The second kappa shape index (κ2) is 6.64. The summed E-state index contributed by atoms with van der Waals surface area (Å²) in [5.74, 6) is 0.0567. The third kappa shape index (κ3) is 3.00. The number of amides is 1. The second-order valence-electron chi connectivity index (χ2n) is 7.69. The van der Waals surface area contributed by atoms with Crippen LogP contribution < -0.4 is 5.32 Å². The average Bonchev–Trinajstić information content (AvgIpc) is 3.00. The van der Waals surface area contributed by atoms with Gasteiger partial charge >= 0.3 is 0 Å². The molecule has 2 aliphatic heterocycles. The van der Waals surface area contributed by atoms with Gasteiger partial charge in [-0.2, -0.15) is 5.10 Å². The van der Waals surface area contributed by atoms with Crippen LogP contribution in [-0.2, 0) is 4.74 Å². The van der Waals surface area contributed by atoms with Gasteiger partial charge in [-0.1, -0.05) is 18.2 Å². The molecule has 1 amide bonds. The fourth-order valence-corrected chi connectivity index (χ4v) is 4.35. The van der Waals surface area contributed by atoms with Crippen LogP contribution in [-0.4, -0.2) is 70.6 Å². The molecule has 0 saturated carbocycles. The predicted molar refractivity (Wildman–Crippen MR) is 97.9 cm³/mol. The van der Waals surface area contributed by atoms with Gasteiger partial charge in [-0.3, -0.25) is 9.89 Å². The van der Waals surface area contributed by atoms with Crippen LogP contribution in [0.4, 0.5) is 0 Å². The van der Waals surface area contributed by atoms with Gasteiger partial charge < -0.3 is 20.1 Å². The number of likely N-dealkylation sites (tertiary alicyclic amines) is 1. The van der Waals surface area contributed by atoms with Crippen molar-refractivity contribution in [3.63, 3.8) is 0 Å². The van der Waals surface area contributed by atoms with Crippen molar-refractivity contribution in [2.24, 2.45) is 5.92 Å². The van der Waals surface area contributed by atoms with Crippen molar-refractivity contribution in [2.75, 3.05) is 26.7 Å². The second-order valence-corrected chi connectivity index (χ2v) is 7.69. The van der Waals surface area contributed by atoms with Gasteiger partial charge in [-0.25, -0.2) is 0 Å². The zero-order valence-electron chi connectivity index (χ0n) is 15.2. The van der Waals surface area contributed by atoms with Gasteiger partial charge in [-0.15, -0.1) is 0 Å². The Morgan fingerprint density at radius 1 is 1.46 bits per heavy atom. The summed E-state index contributed by atoms with van der Waals surface area (Å²) in [6.07, 6.45) is 1.47. The Hall–Kier alpha value is -1.96. The maximum Gasteiger partial charge on any atom is 0.275 e. The van der Waals surface area contributed by atoms with E-state index >= 15 is 0 Å². The van der Waals surface area contributed by atoms with E-state index in [0.29, 0.717) is 31.8 Å². The smallest absolute Gasteiger partial charge is 0.275 e. The van der Waals surface area contributed by atoms with Crippen molar-refractivity contribution in [2.45, 2.75) is 37.5 Å². The Morgan fingerprint density at radius 2 is 2.27 bits per heavy atom. The van der Waals surface area contributed by atoms with Crippen LogP contribution in [0.1, 0.15) is 30.3 Å². The lowest BCUT2D eigenvalue weighted by Gasteiger charge is -2.38. The van der Waals surface area contributed by atoms with Crippen LogP contribution in [0, 0.1) is 5.92 Å². The number of aromatic amines is 1. The van der Waals surface area contributed by atoms with Crippen molar-refractivity contribution in [1.29, 1.82) is 0 Å². The number of carbonyl (C=O) groups excluding carboxylic acids is 1. The number of ether oxygens (including phenoxy) is 1. The molecule has 7 heteroatoms. The van der Waals surface area contributed by atoms with Gasteiger partial charge in [0.05, 0.1) is 29.9 Å². The summed E-state index contributed by atoms with van der Waals surface area (Å²) < 4.78 is 6.05. The van der Waals surface area contributed by atoms with E-state index < -0.39 is 5.60 Å². The first kappa shape index (κ1) is 17.5. The normalized spacial score (nSPS) is 32.3. The molecule has 140 valence electrons. The Labute approximate surface area is 152 Å². The topological polar surface area (TPSA) is 90.5 Å². The Kier molecular flexibility index (Phi) is 4.46. The van der Waals surface area contributed by atoms with Gasteiger partial charge in [0.25, 0.3) is 5.91 Å². The molecule has 4 rings (SSSR count). The number of likely N-dealkylation sites (N-methyl/N-ethyl adjacent to an activating group) is 1. The monoisotopic (exact) mass is 358 g/mol. The molecular formula is C19H26N4O3. The zero-order chi connectivity index (χ0) is 18.3. The molecule has 2 saturated heterocycles. The highest BCUT2D eigenvalue weighted by Crippen LogP contribution is 2.34. The molecule has 26 heavy (non-hydrogen) atoms. The first-order chi connectivity index (χ1) is 12.5. The van der Waals surface area contributed by atoms with Gasteiger partial charge in [0.1, 0.15) is 0 Å². The van der Waals surface area contributed by atoms with Crippen LogP contribution in [0.2, 0.25) is 0 Å². The summed E-state index contributed by atoms with van der Waals surface area (Å²) in [7, 11) is 1.84. The van der Waals surface area contributed by atoms with E-state index in [1.165, 1.54) is 0 Å². The number of benzene rings is 1. The zero-order valence-corrected chi connectivity index (χ0v) is 15.2. The van der Waals surface area contributed by atoms with E-state index in [2.05, 4.69) is 15.5 Å². The van der Waals surface area contributed by atoms with E-state index in [1.54, 1.807) is 0 Å². The van der Waals surface area contributed by atoms with Crippen LogP contribution in [0.15, 0.2) is 24.3 Å². The quantitative estimate of drug-likeness (QED) is 0.749. The number of nitrogens with one attached hydrogen (secondary N) is 2. The minimum absolute atomic E-state index is 0.0602. The summed E-state index contributed by atoms with van der Waals surface area (Å²) in [5.41, 5.74) is 0.469.